The minimum atomic E-state index is -0.783. The zero-order chi connectivity index (χ0) is 17.0. The lowest BCUT2D eigenvalue weighted by Gasteiger charge is -2.17. The molecule has 1 atom stereocenters. The number of nitrogens with zero attached hydrogens (tertiary/aromatic N) is 1. The second kappa shape index (κ2) is 7.70. The molecule has 0 unspecified atom stereocenters. The highest BCUT2D eigenvalue weighted by Crippen LogP contribution is 2.33. The molecule has 0 radical (unpaired) electrons. The third kappa shape index (κ3) is 4.39. The van der Waals surface area contributed by atoms with Crippen molar-refractivity contribution in [1.29, 1.82) is 0 Å². The lowest BCUT2D eigenvalue weighted by molar-refractivity contribution is -0.155. The molecule has 0 aliphatic heterocycles. The van der Waals surface area contributed by atoms with Gasteiger partial charge in [-0.25, -0.2) is 0 Å². The van der Waals surface area contributed by atoms with Gasteiger partial charge in [-0.2, -0.15) is 0 Å². The first-order valence-corrected chi connectivity index (χ1v) is 8.47. The molecule has 6 heteroatoms. The Balaban J connectivity index is 2.04. The molecule has 2 aromatic rings. The molecule has 1 amide bonds. The normalized spacial score (nSPS) is 12.0. The molecular weight excluding hydrogens is 334 g/mol. The molecule has 0 saturated carbocycles. The highest BCUT2D eigenvalue weighted by molar-refractivity contribution is 8.00. The highest BCUT2D eigenvalue weighted by Gasteiger charge is 2.19. The monoisotopic (exact) mass is 351 g/mol. The largest absolute Gasteiger partial charge is 0.452 e. The number of carbonyl (C=O) groups is 2. The number of carbonyl (C=O) groups excluding carboxylic acids is 2. The van der Waals surface area contributed by atoms with E-state index in [1.54, 1.807) is 21.0 Å². The van der Waals surface area contributed by atoms with Gasteiger partial charge < -0.3 is 9.64 Å². The topological polar surface area (TPSA) is 46.6 Å². The number of benzene rings is 2. The number of hydrogen-bond acceptors (Lipinski definition) is 4. The molecular formula is C17H18ClNO3S. The summed E-state index contributed by atoms with van der Waals surface area (Å²) in [4.78, 5) is 25.9. The average Bonchev–Trinajstić information content (AvgIpc) is 2.52. The molecule has 4 nitrogen and oxygen atoms in total. The van der Waals surface area contributed by atoms with Gasteiger partial charge in [0.05, 0.1) is 5.75 Å². The summed E-state index contributed by atoms with van der Waals surface area (Å²) < 4.78 is 5.15. The summed E-state index contributed by atoms with van der Waals surface area (Å²) >= 11 is 7.61. The fraction of sp³-hybridized carbons (Fsp3) is 0.294. The Morgan fingerprint density at radius 1 is 1.22 bits per heavy atom. The maximum absolute atomic E-state index is 11.9. The third-order valence-corrected chi connectivity index (χ3v) is 4.60. The Labute approximate surface area is 144 Å². The van der Waals surface area contributed by atoms with E-state index in [-0.39, 0.29) is 11.7 Å². The molecule has 0 aliphatic rings. The van der Waals surface area contributed by atoms with Crippen LogP contribution in [0.3, 0.4) is 0 Å². The molecule has 2 aromatic carbocycles. The Morgan fingerprint density at radius 2 is 1.87 bits per heavy atom. The zero-order valence-electron chi connectivity index (χ0n) is 13.2. The van der Waals surface area contributed by atoms with E-state index < -0.39 is 12.1 Å². The number of esters is 1. The minimum Gasteiger partial charge on any atom is -0.452 e. The van der Waals surface area contributed by atoms with Gasteiger partial charge in [0, 0.05) is 29.4 Å². The van der Waals surface area contributed by atoms with E-state index in [0.717, 1.165) is 15.7 Å². The highest BCUT2D eigenvalue weighted by atomic mass is 35.5. The Morgan fingerprint density at radius 3 is 2.52 bits per heavy atom. The summed E-state index contributed by atoms with van der Waals surface area (Å²) in [7, 11) is 3.25. The standard InChI is InChI=1S/C17H18ClNO3S/c1-11(17(21)19(2)3)22-15(20)10-23-14-9-5-7-12-6-4-8-13(18)16(12)14/h4-9,11H,10H2,1-3H3/t11-/m0/s1. The maximum Gasteiger partial charge on any atom is 0.317 e. The fourth-order valence-corrected chi connectivity index (χ4v) is 3.39. The molecule has 0 aromatic heterocycles. The van der Waals surface area contributed by atoms with Gasteiger partial charge >= 0.3 is 5.97 Å². The molecule has 0 bridgehead atoms. The molecule has 0 saturated heterocycles. The third-order valence-electron chi connectivity index (χ3n) is 3.26. The SMILES string of the molecule is C[C@H](OC(=O)CSc1cccc2cccc(Cl)c12)C(=O)N(C)C. The summed E-state index contributed by atoms with van der Waals surface area (Å²) in [5, 5.41) is 2.59. The molecule has 0 N–H and O–H groups in total. The van der Waals surface area contributed by atoms with Crippen LogP contribution < -0.4 is 0 Å². The van der Waals surface area contributed by atoms with Crippen LogP contribution in [0.4, 0.5) is 0 Å². The molecule has 0 spiro atoms. The molecule has 0 fully saturated rings. The first-order chi connectivity index (χ1) is 10.9. The van der Waals surface area contributed by atoms with E-state index in [1.165, 1.54) is 16.7 Å². The lowest BCUT2D eigenvalue weighted by Crippen LogP contribution is -2.35. The number of rotatable bonds is 5. The Hall–Kier alpha value is -1.72. The van der Waals surface area contributed by atoms with Crippen LogP contribution in [0.15, 0.2) is 41.3 Å². The van der Waals surface area contributed by atoms with E-state index >= 15 is 0 Å². The predicted molar refractivity (Wildman–Crippen MR) is 93.9 cm³/mol. The van der Waals surface area contributed by atoms with Gasteiger partial charge in [-0.05, 0) is 24.4 Å². The Kier molecular flexibility index (Phi) is 5.91. The summed E-state index contributed by atoms with van der Waals surface area (Å²) in [6.07, 6.45) is -0.783. The van der Waals surface area contributed by atoms with Crippen molar-refractivity contribution in [2.75, 3.05) is 19.8 Å². The molecule has 23 heavy (non-hydrogen) atoms. The fourth-order valence-electron chi connectivity index (χ4n) is 2.16. The number of likely N-dealkylation sites (N-methyl/N-ethyl adjacent to an activating group) is 1. The Bertz CT molecular complexity index is 728. The van der Waals surface area contributed by atoms with Crippen LogP contribution in [-0.2, 0) is 14.3 Å². The number of hydrogen-bond donors (Lipinski definition) is 0. The number of halogens is 1. The number of ether oxygens (including phenoxy) is 1. The van der Waals surface area contributed by atoms with Crippen LogP contribution in [0.2, 0.25) is 5.02 Å². The molecule has 122 valence electrons. The number of thioether (sulfide) groups is 1. The van der Waals surface area contributed by atoms with E-state index in [4.69, 9.17) is 16.3 Å². The zero-order valence-corrected chi connectivity index (χ0v) is 14.8. The van der Waals surface area contributed by atoms with Gasteiger partial charge in [0.25, 0.3) is 5.91 Å². The number of fused-ring (bicyclic) bond motifs is 1. The quantitative estimate of drug-likeness (QED) is 0.610. The second-order valence-electron chi connectivity index (χ2n) is 5.25. The van der Waals surface area contributed by atoms with Gasteiger partial charge in [0.15, 0.2) is 6.10 Å². The smallest absolute Gasteiger partial charge is 0.317 e. The van der Waals surface area contributed by atoms with Gasteiger partial charge in [-0.1, -0.05) is 35.9 Å². The summed E-state index contributed by atoms with van der Waals surface area (Å²) in [6, 6.07) is 11.5. The van der Waals surface area contributed by atoms with Crippen molar-refractivity contribution in [2.24, 2.45) is 0 Å². The van der Waals surface area contributed by atoms with Crippen LogP contribution in [0, 0.1) is 0 Å². The van der Waals surface area contributed by atoms with Crippen molar-refractivity contribution < 1.29 is 14.3 Å². The van der Waals surface area contributed by atoms with Gasteiger partial charge in [0.1, 0.15) is 0 Å². The summed E-state index contributed by atoms with van der Waals surface area (Å²) in [5.41, 5.74) is 0. The first kappa shape index (κ1) is 17.6. The average molecular weight is 352 g/mol. The van der Waals surface area contributed by atoms with E-state index in [0.29, 0.717) is 5.02 Å². The van der Waals surface area contributed by atoms with E-state index in [2.05, 4.69) is 0 Å². The molecule has 2 rings (SSSR count). The summed E-state index contributed by atoms with van der Waals surface area (Å²) in [5.74, 6) is -0.548. The van der Waals surface area contributed by atoms with Gasteiger partial charge in [0.2, 0.25) is 0 Å². The second-order valence-corrected chi connectivity index (χ2v) is 6.67. The van der Waals surface area contributed by atoms with Crippen LogP contribution in [-0.4, -0.2) is 42.7 Å². The van der Waals surface area contributed by atoms with Crippen molar-refractivity contribution in [3.05, 3.63) is 41.4 Å². The van der Waals surface area contributed by atoms with Crippen molar-refractivity contribution in [3.63, 3.8) is 0 Å². The molecule has 0 heterocycles. The van der Waals surface area contributed by atoms with Gasteiger partial charge in [-0.3, -0.25) is 9.59 Å². The van der Waals surface area contributed by atoms with Crippen molar-refractivity contribution in [3.8, 4) is 0 Å². The predicted octanol–water partition coefficient (Wildman–Crippen LogP) is 3.61. The van der Waals surface area contributed by atoms with Crippen LogP contribution in [0.1, 0.15) is 6.92 Å². The minimum absolute atomic E-state index is 0.120. The molecule has 0 aliphatic carbocycles. The maximum atomic E-state index is 11.9. The van der Waals surface area contributed by atoms with Crippen LogP contribution >= 0.6 is 23.4 Å². The van der Waals surface area contributed by atoms with Crippen LogP contribution in [0.25, 0.3) is 10.8 Å². The van der Waals surface area contributed by atoms with E-state index in [1.807, 2.05) is 36.4 Å². The van der Waals surface area contributed by atoms with E-state index in [9.17, 15) is 9.59 Å². The van der Waals surface area contributed by atoms with Gasteiger partial charge in [-0.15, -0.1) is 11.8 Å². The number of amides is 1. The van der Waals surface area contributed by atoms with Crippen molar-refractivity contribution in [2.45, 2.75) is 17.9 Å². The van der Waals surface area contributed by atoms with Crippen LogP contribution in [0.5, 0.6) is 0 Å². The summed E-state index contributed by atoms with van der Waals surface area (Å²) in [6.45, 7) is 1.57. The lowest BCUT2D eigenvalue weighted by atomic mass is 10.1. The van der Waals surface area contributed by atoms with Crippen molar-refractivity contribution in [1.82, 2.24) is 4.90 Å². The van der Waals surface area contributed by atoms with Crippen molar-refractivity contribution >= 4 is 46.0 Å². The first-order valence-electron chi connectivity index (χ1n) is 7.11.